The average molecular weight is 345 g/mol. The van der Waals surface area contributed by atoms with Gasteiger partial charge >= 0.3 is 0 Å². The molecule has 0 radical (unpaired) electrons. The summed E-state index contributed by atoms with van der Waals surface area (Å²) in [5.41, 5.74) is 1.73. The number of rotatable bonds is 5. The molecule has 0 spiro atoms. The summed E-state index contributed by atoms with van der Waals surface area (Å²) in [5, 5.41) is 7.95. The van der Waals surface area contributed by atoms with Gasteiger partial charge in [-0.1, -0.05) is 18.2 Å². The Balaban J connectivity index is 1.54. The molecule has 0 amide bonds. The minimum atomic E-state index is 0.785. The van der Waals surface area contributed by atoms with Gasteiger partial charge in [-0.2, -0.15) is 4.52 Å². The minimum absolute atomic E-state index is 0.785. The first kappa shape index (κ1) is 16.0. The van der Waals surface area contributed by atoms with Gasteiger partial charge in [0.1, 0.15) is 17.3 Å². The van der Waals surface area contributed by atoms with Crippen LogP contribution in [0.5, 0.6) is 11.5 Å². The Kier molecular flexibility index (Phi) is 4.15. The van der Waals surface area contributed by atoms with Gasteiger partial charge in [-0.05, 0) is 48.5 Å². The molecule has 0 saturated carbocycles. The van der Waals surface area contributed by atoms with Gasteiger partial charge in [0, 0.05) is 19.8 Å². The molecule has 2 aromatic carbocycles. The number of benzene rings is 2. The summed E-state index contributed by atoms with van der Waals surface area (Å²) in [6, 6.07) is 21.4. The number of aromatic nitrogens is 3. The summed E-state index contributed by atoms with van der Waals surface area (Å²) in [4.78, 5) is 6.34. The Labute approximate surface area is 151 Å². The predicted molar refractivity (Wildman–Crippen MR) is 104 cm³/mol. The monoisotopic (exact) mass is 345 g/mol. The van der Waals surface area contributed by atoms with Crippen molar-refractivity contribution in [2.75, 3.05) is 24.3 Å². The smallest absolute Gasteiger partial charge is 0.156 e. The first-order chi connectivity index (χ1) is 12.7. The van der Waals surface area contributed by atoms with Crippen molar-refractivity contribution >= 4 is 23.0 Å². The second-order valence-electron chi connectivity index (χ2n) is 6.06. The van der Waals surface area contributed by atoms with E-state index in [-0.39, 0.29) is 0 Å². The van der Waals surface area contributed by atoms with Crippen molar-refractivity contribution in [2.24, 2.45) is 0 Å². The van der Waals surface area contributed by atoms with Crippen LogP contribution in [-0.2, 0) is 0 Å². The number of anilines is 3. The second-order valence-corrected chi connectivity index (χ2v) is 6.06. The van der Waals surface area contributed by atoms with Crippen LogP contribution < -0.4 is 15.0 Å². The van der Waals surface area contributed by atoms with Gasteiger partial charge in [0.15, 0.2) is 11.5 Å². The van der Waals surface area contributed by atoms with Gasteiger partial charge in [0.05, 0.1) is 6.20 Å². The molecule has 0 atom stereocenters. The molecule has 0 bridgehead atoms. The predicted octanol–water partition coefficient (Wildman–Crippen LogP) is 4.33. The van der Waals surface area contributed by atoms with Gasteiger partial charge in [-0.15, -0.1) is 5.10 Å². The molecule has 1 N–H and O–H groups in total. The van der Waals surface area contributed by atoms with Crippen LogP contribution in [0.3, 0.4) is 0 Å². The zero-order valence-corrected chi connectivity index (χ0v) is 14.6. The zero-order valence-electron chi connectivity index (χ0n) is 14.6. The molecule has 26 heavy (non-hydrogen) atoms. The fourth-order valence-electron chi connectivity index (χ4n) is 2.57. The van der Waals surface area contributed by atoms with Crippen LogP contribution in [0.2, 0.25) is 0 Å². The van der Waals surface area contributed by atoms with Crippen LogP contribution in [0.25, 0.3) is 5.65 Å². The van der Waals surface area contributed by atoms with E-state index in [2.05, 4.69) is 15.4 Å². The summed E-state index contributed by atoms with van der Waals surface area (Å²) in [6.07, 6.45) is 1.77. The van der Waals surface area contributed by atoms with Crippen LogP contribution in [0.15, 0.2) is 72.9 Å². The van der Waals surface area contributed by atoms with Crippen molar-refractivity contribution in [2.45, 2.75) is 0 Å². The molecule has 0 aliphatic carbocycles. The van der Waals surface area contributed by atoms with Crippen molar-refractivity contribution in [3.8, 4) is 11.5 Å². The third kappa shape index (κ3) is 3.30. The number of hydrogen-bond donors (Lipinski definition) is 1. The Morgan fingerprint density at radius 1 is 0.885 bits per heavy atom. The maximum atomic E-state index is 5.82. The van der Waals surface area contributed by atoms with E-state index < -0.39 is 0 Å². The van der Waals surface area contributed by atoms with E-state index >= 15 is 0 Å². The number of nitrogens with zero attached hydrogens (tertiary/aromatic N) is 4. The molecule has 4 aromatic rings. The van der Waals surface area contributed by atoms with E-state index in [9.17, 15) is 0 Å². The fourth-order valence-corrected chi connectivity index (χ4v) is 2.57. The Morgan fingerprint density at radius 2 is 1.62 bits per heavy atom. The van der Waals surface area contributed by atoms with Crippen LogP contribution in [0.4, 0.5) is 17.3 Å². The van der Waals surface area contributed by atoms with Crippen molar-refractivity contribution in [1.82, 2.24) is 14.6 Å². The van der Waals surface area contributed by atoms with Crippen molar-refractivity contribution < 1.29 is 4.74 Å². The number of para-hydroxylation sites is 1. The number of fused-ring (bicyclic) bond motifs is 1. The van der Waals surface area contributed by atoms with Crippen molar-refractivity contribution in [1.29, 1.82) is 0 Å². The lowest BCUT2D eigenvalue weighted by atomic mass is 10.3. The van der Waals surface area contributed by atoms with Gasteiger partial charge in [-0.25, -0.2) is 4.98 Å². The third-order valence-corrected chi connectivity index (χ3v) is 3.91. The highest BCUT2D eigenvalue weighted by Gasteiger charge is 2.07. The summed E-state index contributed by atoms with van der Waals surface area (Å²) < 4.78 is 7.61. The molecular weight excluding hydrogens is 326 g/mol. The van der Waals surface area contributed by atoms with Crippen LogP contribution in [-0.4, -0.2) is 28.7 Å². The highest BCUT2D eigenvalue weighted by Crippen LogP contribution is 2.24. The second kappa shape index (κ2) is 6.76. The van der Waals surface area contributed by atoms with E-state index in [0.29, 0.717) is 0 Å². The minimum Gasteiger partial charge on any atom is -0.457 e. The molecule has 130 valence electrons. The zero-order chi connectivity index (χ0) is 17.9. The van der Waals surface area contributed by atoms with Crippen LogP contribution >= 0.6 is 0 Å². The van der Waals surface area contributed by atoms with E-state index in [1.807, 2.05) is 85.7 Å². The van der Waals surface area contributed by atoms with E-state index in [0.717, 1.165) is 34.5 Å². The van der Waals surface area contributed by atoms with Gasteiger partial charge in [-0.3, -0.25) is 0 Å². The van der Waals surface area contributed by atoms with Crippen LogP contribution in [0, 0.1) is 0 Å². The Hall–Kier alpha value is -3.54. The molecule has 6 nitrogen and oxygen atoms in total. The lowest BCUT2D eigenvalue weighted by Crippen LogP contribution is -2.12. The molecule has 0 unspecified atom stereocenters. The van der Waals surface area contributed by atoms with E-state index in [1.54, 1.807) is 10.7 Å². The molecule has 2 heterocycles. The molecule has 4 rings (SSSR count). The topological polar surface area (TPSA) is 54.7 Å². The first-order valence-electron chi connectivity index (χ1n) is 8.31. The van der Waals surface area contributed by atoms with E-state index in [4.69, 9.17) is 4.74 Å². The summed E-state index contributed by atoms with van der Waals surface area (Å²) in [6.45, 7) is 0. The fraction of sp³-hybridized carbons (Fsp3) is 0.100. The van der Waals surface area contributed by atoms with Crippen molar-refractivity contribution in [3.05, 3.63) is 72.9 Å². The van der Waals surface area contributed by atoms with Gasteiger partial charge in [0.2, 0.25) is 0 Å². The standard InChI is InChI=1S/C20H19N5O/c1-24(2)19-13-12-18-21-14-20(25(18)23-19)22-15-8-10-17(11-9-15)26-16-6-4-3-5-7-16/h3-14,22H,1-2H3. The molecular formula is C20H19N5O. The molecule has 0 fully saturated rings. The molecule has 0 aliphatic rings. The SMILES string of the molecule is CN(C)c1ccc2ncc(Nc3ccc(Oc4ccccc4)cc3)n2n1. The Morgan fingerprint density at radius 3 is 2.35 bits per heavy atom. The Bertz CT molecular complexity index is 1010. The molecule has 0 aliphatic heterocycles. The highest BCUT2D eigenvalue weighted by molar-refractivity contribution is 5.61. The number of hydrogen-bond acceptors (Lipinski definition) is 5. The van der Waals surface area contributed by atoms with E-state index in [1.165, 1.54) is 0 Å². The number of nitrogens with one attached hydrogen (secondary N) is 1. The summed E-state index contributed by atoms with van der Waals surface area (Å²) in [5.74, 6) is 3.27. The molecule has 6 heteroatoms. The maximum absolute atomic E-state index is 5.82. The quantitative estimate of drug-likeness (QED) is 0.583. The molecule has 2 aromatic heterocycles. The maximum Gasteiger partial charge on any atom is 0.156 e. The highest BCUT2D eigenvalue weighted by atomic mass is 16.5. The molecule has 0 saturated heterocycles. The average Bonchev–Trinajstić information content (AvgIpc) is 3.06. The first-order valence-corrected chi connectivity index (χ1v) is 8.31. The van der Waals surface area contributed by atoms with Gasteiger partial charge < -0.3 is 15.0 Å². The largest absolute Gasteiger partial charge is 0.457 e. The number of ether oxygens (including phenoxy) is 1. The summed E-state index contributed by atoms with van der Waals surface area (Å²) >= 11 is 0. The lowest BCUT2D eigenvalue weighted by molar-refractivity contribution is 0.483. The van der Waals surface area contributed by atoms with Crippen LogP contribution in [0.1, 0.15) is 0 Å². The summed E-state index contributed by atoms with van der Waals surface area (Å²) in [7, 11) is 3.92. The van der Waals surface area contributed by atoms with Crippen molar-refractivity contribution in [3.63, 3.8) is 0 Å². The normalized spacial score (nSPS) is 10.7. The lowest BCUT2D eigenvalue weighted by Gasteiger charge is -2.12. The van der Waals surface area contributed by atoms with Gasteiger partial charge in [0.25, 0.3) is 0 Å². The number of imidazole rings is 1. The third-order valence-electron chi connectivity index (χ3n) is 3.91.